The molecule has 54 valence electrons. The van der Waals surface area contributed by atoms with Crippen molar-refractivity contribution < 1.29 is 14.7 Å². The lowest BCUT2D eigenvalue weighted by molar-refractivity contribution is -0.117. The molecule has 0 radical (unpaired) electrons. The summed E-state index contributed by atoms with van der Waals surface area (Å²) in [5.41, 5.74) is 0.0509. The van der Waals surface area contributed by atoms with Gasteiger partial charge >= 0.3 is 0 Å². The Morgan fingerprint density at radius 3 is 2.60 bits per heavy atom. The van der Waals surface area contributed by atoms with E-state index in [4.69, 9.17) is 5.11 Å². The van der Waals surface area contributed by atoms with Gasteiger partial charge in [0.2, 0.25) is 6.41 Å². The van der Waals surface area contributed by atoms with Crippen LogP contribution in [0.15, 0.2) is 11.5 Å². The molecule has 0 bridgehead atoms. The quantitative estimate of drug-likeness (QED) is 0.526. The van der Waals surface area contributed by atoms with Crippen LogP contribution in [-0.2, 0) is 9.59 Å². The SMILES string of the molecule is O=CNC1=C(O)CCC1=O. The highest BCUT2D eigenvalue weighted by Gasteiger charge is 2.21. The molecular formula is C6H7NO3. The van der Waals surface area contributed by atoms with Crippen molar-refractivity contribution in [2.45, 2.75) is 12.8 Å². The maximum absolute atomic E-state index is 10.7. The maximum Gasteiger partial charge on any atom is 0.211 e. The zero-order valence-electron chi connectivity index (χ0n) is 5.26. The van der Waals surface area contributed by atoms with Crippen LogP contribution in [0.3, 0.4) is 0 Å². The largest absolute Gasteiger partial charge is 0.510 e. The topological polar surface area (TPSA) is 66.4 Å². The van der Waals surface area contributed by atoms with Crippen LogP contribution >= 0.6 is 0 Å². The Labute approximate surface area is 57.5 Å². The Kier molecular flexibility index (Phi) is 1.71. The molecule has 1 aliphatic rings. The molecule has 4 heteroatoms. The summed E-state index contributed by atoms with van der Waals surface area (Å²) in [6.45, 7) is 0. The van der Waals surface area contributed by atoms with Crippen LogP contribution in [-0.4, -0.2) is 17.3 Å². The molecule has 0 aromatic heterocycles. The van der Waals surface area contributed by atoms with Gasteiger partial charge in [0, 0.05) is 12.8 Å². The summed E-state index contributed by atoms with van der Waals surface area (Å²) >= 11 is 0. The van der Waals surface area contributed by atoms with Crippen molar-refractivity contribution in [1.82, 2.24) is 5.32 Å². The first-order valence-corrected chi connectivity index (χ1v) is 2.91. The normalized spacial score (nSPS) is 17.8. The highest BCUT2D eigenvalue weighted by Crippen LogP contribution is 2.17. The Morgan fingerprint density at radius 1 is 1.50 bits per heavy atom. The van der Waals surface area contributed by atoms with Gasteiger partial charge in [-0.3, -0.25) is 9.59 Å². The molecule has 0 saturated heterocycles. The second kappa shape index (κ2) is 2.51. The van der Waals surface area contributed by atoms with E-state index in [1.807, 2.05) is 0 Å². The van der Waals surface area contributed by atoms with Gasteiger partial charge in [0.15, 0.2) is 5.78 Å². The van der Waals surface area contributed by atoms with E-state index in [9.17, 15) is 9.59 Å². The highest BCUT2D eigenvalue weighted by atomic mass is 16.3. The first-order valence-electron chi connectivity index (χ1n) is 2.91. The number of allylic oxidation sites excluding steroid dienone is 2. The van der Waals surface area contributed by atoms with Gasteiger partial charge in [-0.25, -0.2) is 0 Å². The lowest BCUT2D eigenvalue weighted by Gasteiger charge is -1.95. The summed E-state index contributed by atoms with van der Waals surface area (Å²) in [4.78, 5) is 20.6. The van der Waals surface area contributed by atoms with Crippen molar-refractivity contribution in [3.8, 4) is 0 Å². The second-order valence-corrected chi connectivity index (χ2v) is 2.01. The number of hydrogen-bond acceptors (Lipinski definition) is 3. The van der Waals surface area contributed by atoms with Gasteiger partial charge in [-0.15, -0.1) is 0 Å². The Bertz CT molecular complexity index is 207. The summed E-state index contributed by atoms with van der Waals surface area (Å²) in [5.74, 6) is -0.221. The van der Waals surface area contributed by atoms with Crippen molar-refractivity contribution in [1.29, 1.82) is 0 Å². The van der Waals surface area contributed by atoms with Crippen LogP contribution in [0.5, 0.6) is 0 Å². The summed E-state index contributed by atoms with van der Waals surface area (Å²) < 4.78 is 0. The second-order valence-electron chi connectivity index (χ2n) is 2.01. The lowest BCUT2D eigenvalue weighted by atomic mass is 10.3. The van der Waals surface area contributed by atoms with Gasteiger partial charge in [0.1, 0.15) is 11.5 Å². The molecule has 0 fully saturated rings. The van der Waals surface area contributed by atoms with Gasteiger partial charge in [-0.2, -0.15) is 0 Å². The number of nitrogens with one attached hydrogen (secondary N) is 1. The zero-order valence-corrected chi connectivity index (χ0v) is 5.26. The van der Waals surface area contributed by atoms with E-state index < -0.39 is 0 Å². The van der Waals surface area contributed by atoms with Crippen LogP contribution in [0.2, 0.25) is 0 Å². The van der Waals surface area contributed by atoms with Gasteiger partial charge in [0.25, 0.3) is 0 Å². The molecule has 1 rings (SSSR count). The number of Topliss-reactive ketones (excluding diaryl/α,β-unsaturated/α-hetero) is 1. The summed E-state index contributed by atoms with van der Waals surface area (Å²) in [6.07, 6.45) is 1.02. The fourth-order valence-electron chi connectivity index (χ4n) is 0.866. The monoisotopic (exact) mass is 141 g/mol. The number of carbonyl (C=O) groups is 2. The molecule has 0 atom stereocenters. The Balaban J connectivity index is 2.77. The molecule has 0 heterocycles. The number of carbonyl (C=O) groups excluding carboxylic acids is 2. The number of aliphatic hydroxyl groups excluding tert-OH is 1. The molecule has 0 aromatic carbocycles. The smallest absolute Gasteiger partial charge is 0.211 e. The van der Waals surface area contributed by atoms with E-state index in [0.29, 0.717) is 19.3 Å². The van der Waals surface area contributed by atoms with E-state index in [-0.39, 0.29) is 17.2 Å². The number of aliphatic hydroxyl groups is 1. The van der Waals surface area contributed by atoms with E-state index >= 15 is 0 Å². The average molecular weight is 141 g/mol. The molecule has 10 heavy (non-hydrogen) atoms. The molecule has 2 N–H and O–H groups in total. The highest BCUT2D eigenvalue weighted by molar-refractivity contribution is 5.99. The van der Waals surface area contributed by atoms with Gasteiger partial charge in [-0.05, 0) is 0 Å². The number of rotatable bonds is 2. The summed E-state index contributed by atoms with van der Waals surface area (Å²) in [5, 5.41) is 11.1. The van der Waals surface area contributed by atoms with Crippen LogP contribution < -0.4 is 5.32 Å². The number of amides is 1. The molecule has 1 amide bonds. The predicted molar refractivity (Wildman–Crippen MR) is 33.1 cm³/mol. The molecular weight excluding hydrogens is 134 g/mol. The zero-order chi connectivity index (χ0) is 7.56. The van der Waals surface area contributed by atoms with Crippen molar-refractivity contribution >= 4 is 12.2 Å². The lowest BCUT2D eigenvalue weighted by Crippen LogP contribution is -2.16. The van der Waals surface area contributed by atoms with Gasteiger partial charge < -0.3 is 10.4 Å². The van der Waals surface area contributed by atoms with Gasteiger partial charge in [0.05, 0.1) is 0 Å². The third-order valence-corrected chi connectivity index (χ3v) is 1.36. The first-order chi connectivity index (χ1) is 4.75. The van der Waals surface area contributed by atoms with E-state index in [1.54, 1.807) is 0 Å². The minimum Gasteiger partial charge on any atom is -0.510 e. The molecule has 4 nitrogen and oxygen atoms in total. The summed E-state index contributed by atoms with van der Waals surface area (Å²) in [6, 6.07) is 0. The van der Waals surface area contributed by atoms with Crippen molar-refractivity contribution in [2.75, 3.05) is 0 Å². The fraction of sp³-hybridized carbons (Fsp3) is 0.333. The third kappa shape index (κ3) is 1.00. The third-order valence-electron chi connectivity index (χ3n) is 1.36. The fourth-order valence-corrected chi connectivity index (χ4v) is 0.866. The van der Waals surface area contributed by atoms with Crippen LogP contribution in [0, 0.1) is 0 Å². The first kappa shape index (κ1) is 6.80. The van der Waals surface area contributed by atoms with Crippen LogP contribution in [0.4, 0.5) is 0 Å². The summed E-state index contributed by atoms with van der Waals surface area (Å²) in [7, 11) is 0. The van der Waals surface area contributed by atoms with Crippen LogP contribution in [0.1, 0.15) is 12.8 Å². The van der Waals surface area contributed by atoms with E-state index in [0.717, 1.165) is 0 Å². The molecule has 0 spiro atoms. The average Bonchev–Trinajstić information content (AvgIpc) is 2.20. The standard InChI is InChI=1S/C6H7NO3/c8-3-7-6-4(9)1-2-5(6)10/h3,9H,1-2H2,(H,7,8). The molecule has 0 unspecified atom stereocenters. The Morgan fingerprint density at radius 2 is 2.20 bits per heavy atom. The predicted octanol–water partition coefficient (Wildman–Crippen LogP) is -0.135. The van der Waals surface area contributed by atoms with Gasteiger partial charge in [-0.1, -0.05) is 0 Å². The Hall–Kier alpha value is -1.32. The maximum atomic E-state index is 10.7. The number of ketones is 1. The molecule has 0 aliphatic heterocycles. The van der Waals surface area contributed by atoms with Crippen molar-refractivity contribution in [3.05, 3.63) is 11.5 Å². The van der Waals surface area contributed by atoms with E-state index in [2.05, 4.69) is 5.32 Å². The molecule has 0 saturated carbocycles. The minimum atomic E-state index is -0.204. The minimum absolute atomic E-state index is 0.0166. The van der Waals surface area contributed by atoms with Crippen molar-refractivity contribution in [2.24, 2.45) is 0 Å². The molecule has 0 aromatic rings. The van der Waals surface area contributed by atoms with Crippen molar-refractivity contribution in [3.63, 3.8) is 0 Å². The van der Waals surface area contributed by atoms with E-state index in [1.165, 1.54) is 0 Å². The number of hydrogen-bond donors (Lipinski definition) is 2. The molecule has 1 aliphatic carbocycles. The van der Waals surface area contributed by atoms with Crippen LogP contribution in [0.25, 0.3) is 0 Å².